The molecule has 2 radical (unpaired) electrons. The molecule has 0 amide bonds. The van der Waals surface area contributed by atoms with Crippen LogP contribution in [-0.4, -0.2) is 7.85 Å². The van der Waals surface area contributed by atoms with Crippen LogP contribution < -0.4 is 0 Å². The Kier molecular flexibility index (Phi) is 3.67. The van der Waals surface area contributed by atoms with Gasteiger partial charge < -0.3 is 0 Å². The fourth-order valence-corrected chi connectivity index (χ4v) is 1.48. The standard InChI is InChI=1S/C10H21B/c1-6-9(4,7-2)10(5,11)8-3/h6-8H2,1-5H3. The average Bonchev–Trinajstić information content (AvgIpc) is 2.02. The van der Waals surface area contributed by atoms with Crippen molar-refractivity contribution in [2.24, 2.45) is 5.41 Å². The summed E-state index contributed by atoms with van der Waals surface area (Å²) in [7, 11) is 6.22. The summed E-state index contributed by atoms with van der Waals surface area (Å²) >= 11 is 0. The molecule has 0 aliphatic rings. The van der Waals surface area contributed by atoms with Gasteiger partial charge in [-0.05, 0) is 5.41 Å². The van der Waals surface area contributed by atoms with Gasteiger partial charge in [-0.2, -0.15) is 0 Å². The molecule has 0 bridgehead atoms. The topological polar surface area (TPSA) is 0 Å². The summed E-state index contributed by atoms with van der Waals surface area (Å²) < 4.78 is 0. The molecule has 11 heavy (non-hydrogen) atoms. The molecule has 0 aliphatic heterocycles. The lowest BCUT2D eigenvalue weighted by molar-refractivity contribution is 0.196. The highest BCUT2D eigenvalue weighted by molar-refractivity contribution is 6.15. The van der Waals surface area contributed by atoms with Crippen LogP contribution in [0.1, 0.15) is 53.9 Å². The zero-order valence-electron chi connectivity index (χ0n) is 8.70. The molecule has 0 aromatic heterocycles. The van der Waals surface area contributed by atoms with Gasteiger partial charge in [0.2, 0.25) is 0 Å². The van der Waals surface area contributed by atoms with Gasteiger partial charge >= 0.3 is 0 Å². The van der Waals surface area contributed by atoms with Crippen LogP contribution in [0.3, 0.4) is 0 Å². The van der Waals surface area contributed by atoms with Gasteiger partial charge in [-0.3, -0.25) is 0 Å². The molecule has 0 aliphatic carbocycles. The van der Waals surface area contributed by atoms with E-state index in [0.29, 0.717) is 5.41 Å². The van der Waals surface area contributed by atoms with Crippen molar-refractivity contribution in [2.45, 2.75) is 59.2 Å². The van der Waals surface area contributed by atoms with Crippen molar-refractivity contribution in [2.75, 3.05) is 0 Å². The van der Waals surface area contributed by atoms with Crippen molar-refractivity contribution in [1.29, 1.82) is 0 Å². The summed E-state index contributed by atoms with van der Waals surface area (Å²) in [5.74, 6) is 0. The molecule has 0 aromatic rings. The van der Waals surface area contributed by atoms with Crippen molar-refractivity contribution >= 4 is 7.85 Å². The number of rotatable bonds is 4. The predicted molar refractivity (Wildman–Crippen MR) is 53.1 cm³/mol. The van der Waals surface area contributed by atoms with Crippen molar-refractivity contribution in [3.05, 3.63) is 0 Å². The first-order valence-corrected chi connectivity index (χ1v) is 4.72. The summed E-state index contributed by atoms with van der Waals surface area (Å²) in [6.45, 7) is 11.1. The molecule has 0 heterocycles. The maximum atomic E-state index is 6.22. The zero-order chi connectivity index (χ0) is 9.12. The van der Waals surface area contributed by atoms with Crippen LogP contribution in [0.5, 0.6) is 0 Å². The maximum Gasteiger partial charge on any atom is 0.0749 e. The molecule has 1 unspecified atom stereocenters. The second kappa shape index (κ2) is 3.64. The van der Waals surface area contributed by atoms with Crippen molar-refractivity contribution < 1.29 is 0 Å². The SMILES string of the molecule is [B]C(C)(CC)C(C)(CC)CC. The Bertz CT molecular complexity index is 112. The molecule has 64 valence electrons. The Morgan fingerprint density at radius 1 is 0.909 bits per heavy atom. The van der Waals surface area contributed by atoms with Gasteiger partial charge in [0.15, 0.2) is 0 Å². The number of hydrogen-bond donors (Lipinski definition) is 0. The third-order valence-corrected chi connectivity index (χ3v) is 3.67. The van der Waals surface area contributed by atoms with Gasteiger partial charge in [0.25, 0.3) is 0 Å². The van der Waals surface area contributed by atoms with Crippen LogP contribution in [0.15, 0.2) is 0 Å². The van der Waals surface area contributed by atoms with Crippen LogP contribution in [0.4, 0.5) is 0 Å². The summed E-state index contributed by atoms with van der Waals surface area (Å²) in [5, 5.41) is -0.00347. The minimum Gasteiger partial charge on any atom is -0.0671 e. The van der Waals surface area contributed by atoms with Crippen LogP contribution in [0.2, 0.25) is 5.31 Å². The van der Waals surface area contributed by atoms with Gasteiger partial charge in [-0.1, -0.05) is 59.2 Å². The van der Waals surface area contributed by atoms with E-state index in [1.54, 1.807) is 0 Å². The van der Waals surface area contributed by atoms with E-state index in [2.05, 4.69) is 34.6 Å². The Morgan fingerprint density at radius 2 is 1.27 bits per heavy atom. The van der Waals surface area contributed by atoms with E-state index in [-0.39, 0.29) is 5.31 Å². The average molecular weight is 152 g/mol. The molecule has 0 N–H and O–H groups in total. The van der Waals surface area contributed by atoms with E-state index in [0.717, 1.165) is 6.42 Å². The smallest absolute Gasteiger partial charge is 0.0671 e. The first kappa shape index (κ1) is 11.1. The third kappa shape index (κ3) is 2.01. The number of hydrogen-bond acceptors (Lipinski definition) is 0. The van der Waals surface area contributed by atoms with E-state index in [1.807, 2.05) is 0 Å². The van der Waals surface area contributed by atoms with Gasteiger partial charge in [0, 0.05) is 0 Å². The maximum absolute atomic E-state index is 6.22. The molecule has 0 saturated carbocycles. The monoisotopic (exact) mass is 152 g/mol. The molecular weight excluding hydrogens is 131 g/mol. The molecule has 0 saturated heterocycles. The van der Waals surface area contributed by atoms with E-state index < -0.39 is 0 Å². The Morgan fingerprint density at radius 3 is 1.36 bits per heavy atom. The first-order valence-electron chi connectivity index (χ1n) is 4.72. The Hall–Kier alpha value is 0.0649. The third-order valence-electron chi connectivity index (χ3n) is 3.67. The zero-order valence-corrected chi connectivity index (χ0v) is 8.70. The highest BCUT2D eigenvalue weighted by Gasteiger charge is 2.35. The summed E-state index contributed by atoms with van der Waals surface area (Å²) in [6.07, 6.45) is 3.40. The minimum absolute atomic E-state index is 0.00347. The van der Waals surface area contributed by atoms with Gasteiger partial charge in [-0.25, -0.2) is 0 Å². The van der Waals surface area contributed by atoms with Gasteiger partial charge in [0.05, 0.1) is 7.85 Å². The molecule has 0 fully saturated rings. The molecule has 0 aromatic carbocycles. The van der Waals surface area contributed by atoms with Gasteiger partial charge in [0.1, 0.15) is 0 Å². The molecule has 0 nitrogen and oxygen atoms in total. The van der Waals surface area contributed by atoms with Crippen LogP contribution in [-0.2, 0) is 0 Å². The highest BCUT2D eigenvalue weighted by atomic mass is 14.4. The quantitative estimate of drug-likeness (QED) is 0.540. The van der Waals surface area contributed by atoms with E-state index in [4.69, 9.17) is 7.85 Å². The fraction of sp³-hybridized carbons (Fsp3) is 1.00. The summed E-state index contributed by atoms with van der Waals surface area (Å²) in [5.41, 5.74) is 0.307. The van der Waals surface area contributed by atoms with E-state index in [1.165, 1.54) is 12.8 Å². The van der Waals surface area contributed by atoms with Crippen molar-refractivity contribution in [1.82, 2.24) is 0 Å². The van der Waals surface area contributed by atoms with Gasteiger partial charge in [-0.15, -0.1) is 0 Å². The normalized spacial score (nSPS) is 17.9. The molecule has 0 spiro atoms. The lowest BCUT2D eigenvalue weighted by Gasteiger charge is -2.43. The lowest BCUT2D eigenvalue weighted by atomic mass is 9.51. The second-order valence-electron chi connectivity index (χ2n) is 4.04. The molecule has 1 heteroatoms. The van der Waals surface area contributed by atoms with Crippen LogP contribution >= 0.6 is 0 Å². The molecule has 1 atom stereocenters. The first-order chi connectivity index (χ1) is 4.93. The van der Waals surface area contributed by atoms with Crippen LogP contribution in [0.25, 0.3) is 0 Å². The fourth-order valence-electron chi connectivity index (χ4n) is 1.48. The van der Waals surface area contributed by atoms with Crippen LogP contribution in [0, 0.1) is 5.41 Å². The Balaban J connectivity index is 4.47. The largest absolute Gasteiger partial charge is 0.0749 e. The molecular formula is C10H21B. The van der Waals surface area contributed by atoms with Crippen molar-refractivity contribution in [3.8, 4) is 0 Å². The summed E-state index contributed by atoms with van der Waals surface area (Å²) in [4.78, 5) is 0. The predicted octanol–water partition coefficient (Wildman–Crippen LogP) is 3.57. The Labute approximate surface area is 73.2 Å². The highest BCUT2D eigenvalue weighted by Crippen LogP contribution is 2.49. The van der Waals surface area contributed by atoms with Crippen molar-refractivity contribution in [3.63, 3.8) is 0 Å². The lowest BCUT2D eigenvalue weighted by Crippen LogP contribution is -2.30. The van der Waals surface area contributed by atoms with E-state index >= 15 is 0 Å². The minimum atomic E-state index is -0.00347. The second-order valence-corrected chi connectivity index (χ2v) is 4.04. The summed E-state index contributed by atoms with van der Waals surface area (Å²) in [6, 6.07) is 0. The van der Waals surface area contributed by atoms with E-state index in [9.17, 15) is 0 Å². The molecule has 0 rings (SSSR count).